The maximum absolute atomic E-state index is 13.2. The molecule has 2 atom stereocenters. The van der Waals surface area contributed by atoms with E-state index in [2.05, 4.69) is 10.6 Å². The summed E-state index contributed by atoms with van der Waals surface area (Å²) < 4.78 is 28.8. The monoisotopic (exact) mass is 480 g/mol. The maximum Gasteiger partial charge on any atom is 0.329 e. The molecule has 2 aromatic rings. The third-order valence-electron chi connectivity index (χ3n) is 4.67. The van der Waals surface area contributed by atoms with E-state index < -0.39 is 35.7 Å². The fourth-order valence-corrected chi connectivity index (χ4v) is 3.00. The molecule has 33 heavy (non-hydrogen) atoms. The van der Waals surface area contributed by atoms with Crippen LogP contribution in [0.2, 0.25) is 5.02 Å². The van der Waals surface area contributed by atoms with E-state index in [9.17, 15) is 18.8 Å². The van der Waals surface area contributed by atoms with Gasteiger partial charge in [0.15, 0.2) is 6.10 Å². The maximum atomic E-state index is 13.2. The minimum absolute atomic E-state index is 0.00270. The Morgan fingerprint density at radius 1 is 0.970 bits per heavy atom. The fourth-order valence-electron chi connectivity index (χ4n) is 2.79. The first-order valence-electron chi connectivity index (χ1n) is 10.1. The third-order valence-corrected chi connectivity index (χ3v) is 4.98. The van der Waals surface area contributed by atoms with Crippen LogP contribution < -0.4 is 20.1 Å². The van der Waals surface area contributed by atoms with Gasteiger partial charge in [-0.05, 0) is 43.2 Å². The molecule has 0 fully saturated rings. The van der Waals surface area contributed by atoms with Crippen molar-refractivity contribution in [3.05, 3.63) is 52.8 Å². The minimum Gasteiger partial charge on any atom is -0.497 e. The number of ether oxygens (including phenoxy) is 3. The van der Waals surface area contributed by atoms with Crippen molar-refractivity contribution in [1.82, 2.24) is 5.32 Å². The van der Waals surface area contributed by atoms with E-state index in [1.807, 2.05) is 0 Å². The summed E-state index contributed by atoms with van der Waals surface area (Å²) in [4.78, 5) is 37.9. The van der Waals surface area contributed by atoms with Gasteiger partial charge in [0.05, 0.1) is 24.9 Å². The number of esters is 1. The molecule has 8 nitrogen and oxygen atoms in total. The predicted molar refractivity (Wildman–Crippen MR) is 121 cm³/mol. The molecule has 2 amide bonds. The Bertz CT molecular complexity index is 1010. The molecule has 178 valence electrons. The first-order chi connectivity index (χ1) is 15.5. The van der Waals surface area contributed by atoms with Gasteiger partial charge in [-0.3, -0.25) is 9.59 Å². The molecule has 0 heterocycles. The van der Waals surface area contributed by atoms with Crippen LogP contribution in [-0.4, -0.2) is 44.1 Å². The van der Waals surface area contributed by atoms with E-state index in [-0.39, 0.29) is 22.2 Å². The SMILES string of the molecule is COc1cc(OC)cc(C(=O)N[C@H](C(=O)OC(C)C(=O)Nc2ccc(F)cc2Cl)C(C)C)c1. The summed E-state index contributed by atoms with van der Waals surface area (Å²) in [5.74, 6) is -2.07. The quantitative estimate of drug-likeness (QED) is 0.529. The van der Waals surface area contributed by atoms with E-state index in [1.54, 1.807) is 19.9 Å². The number of amides is 2. The van der Waals surface area contributed by atoms with Gasteiger partial charge in [-0.2, -0.15) is 0 Å². The zero-order chi connectivity index (χ0) is 24.7. The molecular formula is C23H26ClFN2O6. The van der Waals surface area contributed by atoms with Gasteiger partial charge in [-0.1, -0.05) is 25.4 Å². The highest BCUT2D eigenvalue weighted by atomic mass is 35.5. The molecular weight excluding hydrogens is 455 g/mol. The molecule has 2 aromatic carbocycles. The molecule has 0 aliphatic carbocycles. The second-order valence-corrected chi connectivity index (χ2v) is 7.90. The average molecular weight is 481 g/mol. The number of carbonyl (C=O) groups excluding carboxylic acids is 3. The third kappa shape index (κ3) is 7.08. The number of hydrogen-bond acceptors (Lipinski definition) is 6. The highest BCUT2D eigenvalue weighted by Gasteiger charge is 2.29. The van der Waals surface area contributed by atoms with Gasteiger partial charge in [0.1, 0.15) is 23.4 Å². The molecule has 0 aliphatic heterocycles. The summed E-state index contributed by atoms with van der Waals surface area (Å²) in [6, 6.07) is 7.07. The van der Waals surface area contributed by atoms with Gasteiger partial charge in [-0.25, -0.2) is 9.18 Å². The second kappa shape index (κ2) is 11.5. The summed E-state index contributed by atoms with van der Waals surface area (Å²) in [5, 5.41) is 5.10. The van der Waals surface area contributed by atoms with Crippen molar-refractivity contribution >= 4 is 35.1 Å². The first-order valence-corrected chi connectivity index (χ1v) is 10.4. The Morgan fingerprint density at radius 2 is 1.58 bits per heavy atom. The highest BCUT2D eigenvalue weighted by Crippen LogP contribution is 2.24. The molecule has 10 heteroatoms. The van der Waals surface area contributed by atoms with Crippen LogP contribution in [0.4, 0.5) is 10.1 Å². The van der Waals surface area contributed by atoms with Crippen molar-refractivity contribution in [1.29, 1.82) is 0 Å². The number of carbonyl (C=O) groups is 3. The van der Waals surface area contributed by atoms with Crippen LogP contribution in [0, 0.1) is 11.7 Å². The van der Waals surface area contributed by atoms with E-state index >= 15 is 0 Å². The number of halogens is 2. The molecule has 0 spiro atoms. The summed E-state index contributed by atoms with van der Waals surface area (Å²) >= 11 is 5.91. The van der Waals surface area contributed by atoms with E-state index in [4.69, 9.17) is 25.8 Å². The van der Waals surface area contributed by atoms with Crippen LogP contribution in [0.5, 0.6) is 11.5 Å². The molecule has 1 unspecified atom stereocenters. The Morgan fingerprint density at radius 3 is 2.09 bits per heavy atom. The van der Waals surface area contributed by atoms with Crippen molar-refractivity contribution in [2.24, 2.45) is 5.92 Å². The second-order valence-electron chi connectivity index (χ2n) is 7.49. The minimum atomic E-state index is -1.20. The topological polar surface area (TPSA) is 103 Å². The number of rotatable bonds is 9. The van der Waals surface area contributed by atoms with Crippen LogP contribution in [0.25, 0.3) is 0 Å². The lowest BCUT2D eigenvalue weighted by Crippen LogP contribution is -2.47. The summed E-state index contributed by atoms with van der Waals surface area (Å²) in [6.45, 7) is 4.82. The largest absolute Gasteiger partial charge is 0.497 e. The molecule has 2 N–H and O–H groups in total. The van der Waals surface area contributed by atoms with Crippen LogP contribution in [0.1, 0.15) is 31.1 Å². The molecule has 0 aliphatic rings. The Balaban J connectivity index is 2.08. The Labute approximate surface area is 196 Å². The smallest absolute Gasteiger partial charge is 0.329 e. The summed E-state index contributed by atoms with van der Waals surface area (Å²) in [6.07, 6.45) is -1.20. The predicted octanol–water partition coefficient (Wildman–Crippen LogP) is 3.82. The van der Waals surface area contributed by atoms with Crippen molar-refractivity contribution in [3.63, 3.8) is 0 Å². The number of nitrogens with one attached hydrogen (secondary N) is 2. The number of benzene rings is 2. The number of hydrogen-bond donors (Lipinski definition) is 2. The van der Waals surface area contributed by atoms with Gasteiger partial charge in [0.2, 0.25) is 0 Å². The standard InChI is InChI=1S/C23H26ClFN2O6/c1-12(2)20(27-22(29)14-8-16(31-4)11-17(9-14)32-5)23(30)33-13(3)21(28)26-19-7-6-15(25)10-18(19)24/h6-13,20H,1-5H3,(H,26,28)(H,27,29)/t13?,20-/m0/s1. The number of anilines is 1. The summed E-state index contributed by atoms with van der Waals surface area (Å²) in [5.41, 5.74) is 0.396. The normalized spacial score (nSPS) is 12.5. The van der Waals surface area contributed by atoms with Crippen LogP contribution in [-0.2, 0) is 14.3 Å². The van der Waals surface area contributed by atoms with Gasteiger partial charge in [0.25, 0.3) is 11.8 Å². The Hall–Kier alpha value is -3.33. The van der Waals surface area contributed by atoms with Crippen LogP contribution >= 0.6 is 11.6 Å². The van der Waals surface area contributed by atoms with Gasteiger partial charge >= 0.3 is 5.97 Å². The highest BCUT2D eigenvalue weighted by molar-refractivity contribution is 6.33. The lowest BCUT2D eigenvalue weighted by atomic mass is 10.0. The van der Waals surface area contributed by atoms with Crippen molar-refractivity contribution in [2.45, 2.75) is 32.9 Å². The first kappa shape index (κ1) is 25.9. The average Bonchev–Trinajstić information content (AvgIpc) is 2.78. The van der Waals surface area contributed by atoms with E-state index in [1.165, 1.54) is 39.3 Å². The molecule has 0 bridgehead atoms. The molecule has 0 radical (unpaired) electrons. The fraction of sp³-hybridized carbons (Fsp3) is 0.348. The van der Waals surface area contributed by atoms with Gasteiger partial charge in [0, 0.05) is 11.6 Å². The number of methoxy groups -OCH3 is 2. The summed E-state index contributed by atoms with van der Waals surface area (Å²) in [7, 11) is 2.91. The van der Waals surface area contributed by atoms with Crippen molar-refractivity contribution in [3.8, 4) is 11.5 Å². The lowest BCUT2D eigenvalue weighted by Gasteiger charge is -2.23. The van der Waals surface area contributed by atoms with Crippen LogP contribution in [0.15, 0.2) is 36.4 Å². The van der Waals surface area contributed by atoms with Crippen molar-refractivity contribution < 1.29 is 33.0 Å². The van der Waals surface area contributed by atoms with Gasteiger partial charge < -0.3 is 24.8 Å². The Kier molecular flexibility index (Phi) is 9.04. The van der Waals surface area contributed by atoms with E-state index in [0.29, 0.717) is 11.5 Å². The van der Waals surface area contributed by atoms with Crippen LogP contribution in [0.3, 0.4) is 0 Å². The zero-order valence-electron chi connectivity index (χ0n) is 18.9. The molecule has 0 saturated heterocycles. The van der Waals surface area contributed by atoms with E-state index in [0.717, 1.165) is 12.1 Å². The van der Waals surface area contributed by atoms with Gasteiger partial charge in [-0.15, -0.1) is 0 Å². The zero-order valence-corrected chi connectivity index (χ0v) is 19.7. The molecule has 0 aromatic heterocycles. The molecule has 2 rings (SSSR count). The molecule has 0 saturated carbocycles. The lowest BCUT2D eigenvalue weighted by molar-refractivity contribution is -0.156. The van der Waals surface area contributed by atoms with Crippen molar-refractivity contribution in [2.75, 3.05) is 19.5 Å².